The van der Waals surface area contributed by atoms with E-state index in [0.717, 1.165) is 6.42 Å². The van der Waals surface area contributed by atoms with Gasteiger partial charge in [-0.3, -0.25) is 14.5 Å². The van der Waals surface area contributed by atoms with Crippen molar-refractivity contribution < 1.29 is 19.4 Å². The minimum absolute atomic E-state index is 0.0353. The number of carbonyl (C=O) groups excluding carboxylic acids is 2. The second-order valence-corrected chi connectivity index (χ2v) is 7.92. The molecule has 0 spiro atoms. The summed E-state index contributed by atoms with van der Waals surface area (Å²) in [5, 5.41) is 16.5. The molecule has 30 heavy (non-hydrogen) atoms. The quantitative estimate of drug-likeness (QED) is 0.270. The molecule has 1 aliphatic heterocycles. The Morgan fingerprint density at radius 3 is 2.53 bits per heavy atom. The summed E-state index contributed by atoms with van der Waals surface area (Å²) in [7, 11) is 1.50. The molecule has 4 atom stereocenters. The first kappa shape index (κ1) is 20.3. The molecule has 3 aliphatic rings. The summed E-state index contributed by atoms with van der Waals surface area (Å²) in [5.41, 5.74) is 0.646. The van der Waals surface area contributed by atoms with Crippen LogP contribution in [0, 0.1) is 23.7 Å². The van der Waals surface area contributed by atoms with Gasteiger partial charge in [-0.1, -0.05) is 24.3 Å². The first-order chi connectivity index (χ1) is 14.5. The van der Waals surface area contributed by atoms with E-state index in [1.165, 1.54) is 12.0 Å². The third-order valence-electron chi connectivity index (χ3n) is 6.24. The Bertz CT molecular complexity index is 867. The maximum absolute atomic E-state index is 12.8. The van der Waals surface area contributed by atoms with Crippen LogP contribution >= 0.6 is 0 Å². The molecular formula is C22H28N4O4. The maximum Gasteiger partial charge on any atom is 0.233 e. The number of ether oxygens (including phenoxy) is 1. The van der Waals surface area contributed by atoms with Crippen LogP contribution in [0.3, 0.4) is 0 Å². The first-order valence-electron chi connectivity index (χ1n) is 10.5. The fourth-order valence-corrected chi connectivity index (χ4v) is 4.84. The molecule has 1 saturated carbocycles. The molecule has 4 rings (SSSR count). The number of phenolic OH excluding ortho intramolecular Hbond substituents is 1. The standard InChI is InChI=1S/C22H28N4O4/c1-3-23-22(25-12-15-5-4-6-16(30-2)19(15)27)24-9-10-26-20(28)17-13-7-8-14(11-13)18(17)21(26)29/h4-8,13-14,17-18,27H,3,9-12H2,1-2H3,(H2,23,24,25). The highest BCUT2D eigenvalue weighted by molar-refractivity contribution is 6.06. The molecule has 4 unspecified atom stereocenters. The number of benzene rings is 1. The van der Waals surface area contributed by atoms with Gasteiger partial charge in [0.15, 0.2) is 17.5 Å². The number of amides is 2. The molecule has 3 N–H and O–H groups in total. The Kier molecular flexibility index (Phi) is 5.65. The van der Waals surface area contributed by atoms with Crippen molar-refractivity contribution in [3.8, 4) is 11.5 Å². The number of carbonyl (C=O) groups is 2. The second kappa shape index (κ2) is 8.38. The number of nitrogens with one attached hydrogen (secondary N) is 2. The molecule has 0 radical (unpaired) electrons. The number of aliphatic imine (C=N–C) groups is 1. The van der Waals surface area contributed by atoms with Gasteiger partial charge in [0.25, 0.3) is 0 Å². The largest absolute Gasteiger partial charge is 0.504 e. The van der Waals surface area contributed by atoms with Crippen LogP contribution < -0.4 is 15.4 Å². The lowest BCUT2D eigenvalue weighted by molar-refractivity contribution is -0.140. The van der Waals surface area contributed by atoms with Crippen molar-refractivity contribution in [1.29, 1.82) is 0 Å². The number of guanidine groups is 1. The summed E-state index contributed by atoms with van der Waals surface area (Å²) in [6.45, 7) is 3.61. The van der Waals surface area contributed by atoms with E-state index in [4.69, 9.17) is 4.74 Å². The Labute approximate surface area is 176 Å². The van der Waals surface area contributed by atoms with Crippen molar-refractivity contribution >= 4 is 17.8 Å². The topological polar surface area (TPSA) is 103 Å². The van der Waals surface area contributed by atoms with E-state index in [1.54, 1.807) is 18.2 Å². The van der Waals surface area contributed by atoms with Crippen LogP contribution in [0.2, 0.25) is 0 Å². The van der Waals surface area contributed by atoms with E-state index in [2.05, 4.69) is 27.8 Å². The van der Waals surface area contributed by atoms with Crippen molar-refractivity contribution in [3.63, 3.8) is 0 Å². The van der Waals surface area contributed by atoms with Gasteiger partial charge in [0.1, 0.15) is 0 Å². The lowest BCUT2D eigenvalue weighted by Crippen LogP contribution is -2.43. The number of imide groups is 1. The lowest BCUT2D eigenvalue weighted by atomic mass is 9.85. The van der Waals surface area contributed by atoms with Gasteiger partial charge in [-0.05, 0) is 31.2 Å². The summed E-state index contributed by atoms with van der Waals surface area (Å²) in [5.74, 6) is 1.09. The third-order valence-corrected chi connectivity index (χ3v) is 6.24. The minimum atomic E-state index is -0.162. The van der Waals surface area contributed by atoms with E-state index in [9.17, 15) is 14.7 Å². The summed E-state index contributed by atoms with van der Waals surface area (Å²) < 4.78 is 5.13. The zero-order chi connectivity index (χ0) is 21.3. The summed E-state index contributed by atoms with van der Waals surface area (Å²) in [6.07, 6.45) is 5.14. The van der Waals surface area contributed by atoms with Crippen LogP contribution in [0.5, 0.6) is 11.5 Å². The van der Waals surface area contributed by atoms with Gasteiger partial charge in [-0.25, -0.2) is 4.99 Å². The van der Waals surface area contributed by atoms with Gasteiger partial charge in [0.2, 0.25) is 11.8 Å². The average molecular weight is 412 g/mol. The van der Waals surface area contributed by atoms with Gasteiger partial charge in [0.05, 0.1) is 25.5 Å². The fraction of sp³-hybridized carbons (Fsp3) is 0.500. The zero-order valence-electron chi connectivity index (χ0n) is 17.3. The number of methoxy groups -OCH3 is 1. The molecule has 1 aromatic carbocycles. The molecule has 2 fully saturated rings. The van der Waals surface area contributed by atoms with Crippen molar-refractivity contribution in [2.24, 2.45) is 28.7 Å². The van der Waals surface area contributed by atoms with Gasteiger partial charge in [0, 0.05) is 25.2 Å². The number of phenols is 1. The number of likely N-dealkylation sites (tertiary alicyclic amines) is 1. The predicted octanol–water partition coefficient (Wildman–Crippen LogP) is 1.26. The highest BCUT2D eigenvalue weighted by atomic mass is 16.5. The fourth-order valence-electron chi connectivity index (χ4n) is 4.84. The summed E-state index contributed by atoms with van der Waals surface area (Å²) in [4.78, 5) is 31.4. The van der Waals surface area contributed by atoms with Crippen LogP contribution in [0.1, 0.15) is 18.9 Å². The Morgan fingerprint density at radius 2 is 1.90 bits per heavy atom. The van der Waals surface area contributed by atoms with Crippen molar-refractivity contribution in [2.45, 2.75) is 19.9 Å². The maximum atomic E-state index is 12.8. The van der Waals surface area contributed by atoms with E-state index in [-0.39, 0.29) is 47.8 Å². The van der Waals surface area contributed by atoms with Crippen LogP contribution in [0.25, 0.3) is 0 Å². The number of para-hydroxylation sites is 1. The zero-order valence-corrected chi connectivity index (χ0v) is 17.3. The minimum Gasteiger partial charge on any atom is -0.504 e. The Balaban J connectivity index is 1.35. The molecular weight excluding hydrogens is 384 g/mol. The van der Waals surface area contributed by atoms with Crippen LogP contribution in [-0.2, 0) is 16.1 Å². The first-order valence-corrected chi connectivity index (χ1v) is 10.5. The molecule has 2 bridgehead atoms. The van der Waals surface area contributed by atoms with Gasteiger partial charge >= 0.3 is 0 Å². The summed E-state index contributed by atoms with van der Waals surface area (Å²) in [6, 6.07) is 5.27. The molecule has 1 saturated heterocycles. The number of fused-ring (bicyclic) bond motifs is 5. The number of allylic oxidation sites excluding steroid dienone is 2. The van der Waals surface area contributed by atoms with Crippen molar-refractivity contribution in [2.75, 3.05) is 26.7 Å². The highest BCUT2D eigenvalue weighted by Crippen LogP contribution is 2.52. The predicted molar refractivity (Wildman–Crippen MR) is 112 cm³/mol. The molecule has 0 aromatic heterocycles. The molecule has 2 amide bonds. The van der Waals surface area contributed by atoms with E-state index in [0.29, 0.717) is 36.9 Å². The number of hydrogen-bond acceptors (Lipinski definition) is 5. The average Bonchev–Trinajstić information content (AvgIpc) is 3.42. The van der Waals surface area contributed by atoms with Crippen molar-refractivity contribution in [3.05, 3.63) is 35.9 Å². The van der Waals surface area contributed by atoms with Crippen LogP contribution in [0.4, 0.5) is 0 Å². The summed E-state index contributed by atoms with van der Waals surface area (Å²) >= 11 is 0. The normalized spacial score (nSPS) is 27.0. The second-order valence-electron chi connectivity index (χ2n) is 7.92. The monoisotopic (exact) mass is 412 g/mol. The van der Waals surface area contributed by atoms with Crippen LogP contribution in [-0.4, -0.2) is 54.5 Å². The van der Waals surface area contributed by atoms with Crippen LogP contribution in [0.15, 0.2) is 35.3 Å². The molecule has 8 heteroatoms. The highest BCUT2D eigenvalue weighted by Gasteiger charge is 2.58. The number of rotatable bonds is 7. The van der Waals surface area contributed by atoms with Gasteiger partial charge in [-0.15, -0.1) is 0 Å². The molecule has 2 aliphatic carbocycles. The Hall–Kier alpha value is -3.03. The Morgan fingerprint density at radius 1 is 1.20 bits per heavy atom. The lowest BCUT2D eigenvalue weighted by Gasteiger charge is -2.18. The SMILES string of the molecule is CCNC(=NCc1cccc(OC)c1O)NCCN1C(=O)C2C3C=CC(C3)C2C1=O. The van der Waals surface area contributed by atoms with E-state index in [1.807, 2.05) is 6.92 Å². The number of hydrogen-bond donors (Lipinski definition) is 3. The van der Waals surface area contributed by atoms with Crippen molar-refractivity contribution in [1.82, 2.24) is 15.5 Å². The molecule has 1 heterocycles. The number of aromatic hydroxyl groups is 1. The number of nitrogens with zero attached hydrogens (tertiary/aromatic N) is 2. The molecule has 160 valence electrons. The van der Waals surface area contributed by atoms with E-state index < -0.39 is 0 Å². The van der Waals surface area contributed by atoms with Gasteiger partial charge in [-0.2, -0.15) is 0 Å². The van der Waals surface area contributed by atoms with E-state index >= 15 is 0 Å². The smallest absolute Gasteiger partial charge is 0.233 e. The molecule has 8 nitrogen and oxygen atoms in total. The van der Waals surface area contributed by atoms with Gasteiger partial charge < -0.3 is 20.5 Å². The third kappa shape index (κ3) is 3.51. The molecule has 1 aromatic rings.